The number of hydrogen-bond acceptors (Lipinski definition) is 2. The van der Waals surface area contributed by atoms with Gasteiger partial charge in [0, 0.05) is 12.6 Å². The van der Waals surface area contributed by atoms with Crippen molar-refractivity contribution >= 4 is 11.6 Å². The Hall–Kier alpha value is -1.35. The summed E-state index contributed by atoms with van der Waals surface area (Å²) in [4.78, 5) is 13.1. The molecule has 0 heterocycles. The van der Waals surface area contributed by atoms with Crippen LogP contribution in [0.4, 0.5) is 5.69 Å². The molecule has 1 rings (SSSR count). The lowest BCUT2D eigenvalue weighted by Gasteiger charge is -2.26. The Morgan fingerprint density at radius 2 is 1.81 bits per heavy atom. The number of amides is 1. The van der Waals surface area contributed by atoms with Crippen LogP contribution < -0.4 is 4.90 Å². The predicted octanol–water partition coefficient (Wildman–Crippen LogP) is 2.81. The first-order valence-corrected chi connectivity index (χ1v) is 5.37. The number of carbonyl (C=O) groups excluding carboxylic acids is 1. The first kappa shape index (κ1) is 12.7. The molecule has 0 radical (unpaired) electrons. The molecule has 3 heteroatoms. The molecule has 0 bridgehead atoms. The Morgan fingerprint density at radius 3 is 2.25 bits per heavy atom. The first-order valence-electron chi connectivity index (χ1n) is 5.37. The highest BCUT2D eigenvalue weighted by atomic mass is 16.5. The van der Waals surface area contributed by atoms with E-state index < -0.39 is 0 Å². The third kappa shape index (κ3) is 4.03. The number of hydrogen-bond donors (Lipinski definition) is 0. The standard InChI is InChI=1S/C13H19NO2/c1-11(15)14(10-16-13(2,3)4)12-8-6-5-7-9-12/h5-9H,10H2,1-4H3. The summed E-state index contributed by atoms with van der Waals surface area (Å²) in [7, 11) is 0. The van der Waals surface area contributed by atoms with Gasteiger partial charge in [-0.2, -0.15) is 0 Å². The molecule has 0 aliphatic carbocycles. The van der Waals surface area contributed by atoms with Crippen LogP contribution in [0.2, 0.25) is 0 Å². The molecule has 3 nitrogen and oxygen atoms in total. The number of para-hydroxylation sites is 1. The third-order valence-electron chi connectivity index (χ3n) is 2.07. The molecule has 0 aliphatic heterocycles. The van der Waals surface area contributed by atoms with E-state index >= 15 is 0 Å². The Morgan fingerprint density at radius 1 is 1.25 bits per heavy atom. The summed E-state index contributed by atoms with van der Waals surface area (Å²) in [6.45, 7) is 7.73. The van der Waals surface area contributed by atoms with Crippen LogP contribution in [0.5, 0.6) is 0 Å². The second-order valence-electron chi connectivity index (χ2n) is 4.67. The highest BCUT2D eigenvalue weighted by Crippen LogP contribution is 2.15. The van der Waals surface area contributed by atoms with Crippen LogP contribution in [0.3, 0.4) is 0 Å². The lowest BCUT2D eigenvalue weighted by molar-refractivity contribution is -0.118. The zero-order chi connectivity index (χ0) is 12.2. The largest absolute Gasteiger partial charge is 0.355 e. The van der Waals surface area contributed by atoms with Crippen LogP contribution in [0.1, 0.15) is 27.7 Å². The molecule has 0 aliphatic rings. The fourth-order valence-electron chi connectivity index (χ4n) is 1.21. The molecule has 0 spiro atoms. The Balaban J connectivity index is 2.74. The van der Waals surface area contributed by atoms with Crippen LogP contribution in [0, 0.1) is 0 Å². The van der Waals surface area contributed by atoms with E-state index in [2.05, 4.69) is 0 Å². The zero-order valence-electron chi connectivity index (χ0n) is 10.4. The van der Waals surface area contributed by atoms with Crippen LogP contribution >= 0.6 is 0 Å². The summed E-state index contributed by atoms with van der Waals surface area (Å²) in [5.74, 6) is -0.0181. The van der Waals surface area contributed by atoms with E-state index in [1.807, 2.05) is 51.1 Å². The van der Waals surface area contributed by atoms with Gasteiger partial charge in [0.05, 0.1) is 5.60 Å². The molecule has 0 unspecified atom stereocenters. The summed E-state index contributed by atoms with van der Waals surface area (Å²) in [6, 6.07) is 9.53. The topological polar surface area (TPSA) is 29.5 Å². The van der Waals surface area contributed by atoms with Gasteiger partial charge in [-0.25, -0.2) is 0 Å². The molecule has 0 saturated carbocycles. The number of ether oxygens (including phenoxy) is 1. The average molecular weight is 221 g/mol. The van der Waals surface area contributed by atoms with Gasteiger partial charge in [0.25, 0.3) is 0 Å². The molecular formula is C13H19NO2. The van der Waals surface area contributed by atoms with Crippen LogP contribution in [-0.4, -0.2) is 18.2 Å². The van der Waals surface area contributed by atoms with Gasteiger partial charge >= 0.3 is 0 Å². The van der Waals surface area contributed by atoms with Crippen LogP contribution in [-0.2, 0) is 9.53 Å². The highest BCUT2D eigenvalue weighted by Gasteiger charge is 2.16. The van der Waals surface area contributed by atoms with E-state index in [0.29, 0.717) is 0 Å². The fraction of sp³-hybridized carbons (Fsp3) is 0.462. The van der Waals surface area contributed by atoms with Gasteiger partial charge in [0.1, 0.15) is 6.73 Å². The predicted molar refractivity (Wildman–Crippen MR) is 65.3 cm³/mol. The summed E-state index contributed by atoms with van der Waals surface area (Å²) in [5.41, 5.74) is 0.613. The maximum absolute atomic E-state index is 11.5. The Kier molecular flexibility index (Phi) is 4.07. The van der Waals surface area contributed by atoms with Crippen molar-refractivity contribution in [3.8, 4) is 0 Å². The summed E-state index contributed by atoms with van der Waals surface area (Å²) >= 11 is 0. The maximum atomic E-state index is 11.5. The molecule has 0 N–H and O–H groups in total. The number of carbonyl (C=O) groups is 1. The van der Waals surface area contributed by atoms with Crippen LogP contribution in [0.25, 0.3) is 0 Å². The molecule has 1 aromatic carbocycles. The maximum Gasteiger partial charge on any atom is 0.225 e. The number of nitrogens with zero attached hydrogens (tertiary/aromatic N) is 1. The van der Waals surface area contributed by atoms with Crippen molar-refractivity contribution < 1.29 is 9.53 Å². The van der Waals surface area contributed by atoms with Crippen molar-refractivity contribution in [1.82, 2.24) is 0 Å². The van der Waals surface area contributed by atoms with Crippen molar-refractivity contribution in [3.05, 3.63) is 30.3 Å². The lowest BCUT2D eigenvalue weighted by atomic mass is 10.2. The molecular weight excluding hydrogens is 202 g/mol. The summed E-state index contributed by atoms with van der Waals surface area (Å²) in [5, 5.41) is 0. The van der Waals surface area contributed by atoms with Gasteiger partial charge in [-0.05, 0) is 32.9 Å². The van der Waals surface area contributed by atoms with Crippen molar-refractivity contribution in [1.29, 1.82) is 0 Å². The monoisotopic (exact) mass is 221 g/mol. The van der Waals surface area contributed by atoms with Gasteiger partial charge in [-0.3, -0.25) is 9.69 Å². The van der Waals surface area contributed by atoms with Gasteiger partial charge in [0.2, 0.25) is 5.91 Å². The van der Waals surface area contributed by atoms with Gasteiger partial charge in [-0.1, -0.05) is 18.2 Å². The SMILES string of the molecule is CC(=O)N(COC(C)(C)C)c1ccccc1. The second-order valence-corrected chi connectivity index (χ2v) is 4.67. The summed E-state index contributed by atoms with van der Waals surface area (Å²) in [6.07, 6.45) is 0. The fourth-order valence-corrected chi connectivity index (χ4v) is 1.21. The molecule has 0 aromatic heterocycles. The molecule has 16 heavy (non-hydrogen) atoms. The molecule has 88 valence electrons. The molecule has 0 fully saturated rings. The Bertz CT molecular complexity index is 341. The number of benzene rings is 1. The zero-order valence-corrected chi connectivity index (χ0v) is 10.4. The smallest absolute Gasteiger partial charge is 0.225 e. The van der Waals surface area contributed by atoms with E-state index in [0.717, 1.165) is 5.69 Å². The van der Waals surface area contributed by atoms with E-state index in [1.54, 1.807) is 11.8 Å². The van der Waals surface area contributed by atoms with Crippen molar-refractivity contribution in [2.75, 3.05) is 11.6 Å². The minimum atomic E-state index is -0.248. The lowest BCUT2D eigenvalue weighted by Crippen LogP contribution is -2.35. The highest BCUT2D eigenvalue weighted by molar-refractivity contribution is 5.91. The second kappa shape index (κ2) is 5.12. The molecule has 1 aromatic rings. The van der Waals surface area contributed by atoms with Gasteiger partial charge in [-0.15, -0.1) is 0 Å². The van der Waals surface area contributed by atoms with Gasteiger partial charge < -0.3 is 4.74 Å². The van der Waals surface area contributed by atoms with Crippen molar-refractivity contribution in [3.63, 3.8) is 0 Å². The van der Waals surface area contributed by atoms with E-state index in [4.69, 9.17) is 4.74 Å². The number of anilines is 1. The van der Waals surface area contributed by atoms with Crippen LogP contribution in [0.15, 0.2) is 30.3 Å². The molecule has 0 atom stereocenters. The summed E-state index contributed by atoms with van der Waals surface area (Å²) < 4.78 is 5.61. The number of rotatable bonds is 3. The quantitative estimate of drug-likeness (QED) is 0.734. The molecule has 0 saturated heterocycles. The normalized spacial score (nSPS) is 11.2. The van der Waals surface area contributed by atoms with E-state index in [1.165, 1.54) is 0 Å². The molecule has 1 amide bonds. The third-order valence-corrected chi connectivity index (χ3v) is 2.07. The minimum Gasteiger partial charge on any atom is -0.355 e. The van der Waals surface area contributed by atoms with Gasteiger partial charge in [0.15, 0.2) is 0 Å². The minimum absolute atomic E-state index is 0.0181. The van der Waals surface area contributed by atoms with E-state index in [-0.39, 0.29) is 18.2 Å². The van der Waals surface area contributed by atoms with Crippen molar-refractivity contribution in [2.24, 2.45) is 0 Å². The Labute approximate surface area is 97.0 Å². The average Bonchev–Trinajstić information content (AvgIpc) is 2.17. The van der Waals surface area contributed by atoms with E-state index in [9.17, 15) is 4.79 Å². The first-order chi connectivity index (χ1) is 7.40. The van der Waals surface area contributed by atoms with Crippen molar-refractivity contribution in [2.45, 2.75) is 33.3 Å².